The van der Waals surface area contributed by atoms with Crippen LogP contribution in [-0.4, -0.2) is 80.2 Å². The summed E-state index contributed by atoms with van der Waals surface area (Å²) in [6.07, 6.45) is 3.42. The summed E-state index contributed by atoms with van der Waals surface area (Å²) in [5, 5.41) is 16.9. The first-order valence-corrected chi connectivity index (χ1v) is 17.8. The number of nitrogens with zero attached hydrogens (tertiary/aromatic N) is 3. The molecule has 1 fully saturated rings. The van der Waals surface area contributed by atoms with E-state index in [4.69, 9.17) is 9.47 Å². The van der Waals surface area contributed by atoms with Crippen LogP contribution in [0.5, 0.6) is 0 Å². The van der Waals surface area contributed by atoms with Gasteiger partial charge < -0.3 is 25.4 Å². The maximum Gasteiger partial charge on any atom is 0.407 e. The van der Waals surface area contributed by atoms with Crippen molar-refractivity contribution < 1.29 is 27.5 Å². The zero-order valence-electron chi connectivity index (χ0n) is 27.4. The molecular formula is C36H39N7O6S. The Morgan fingerprint density at radius 3 is 2.36 bits per heavy atom. The number of para-hydroxylation sites is 1. The maximum absolute atomic E-state index is 14.0. The topological polar surface area (TPSA) is 165 Å². The molecule has 14 heteroatoms. The standard InChI is InChI=1S/C36H39N7O6S/c1-48-36(45)41-34(33(26-11-4-2-5-12-26)27-13-6-3-7-14-27)35(44)40-32-15-9-8-10-25(32)16-18-30-22-37-28(24-49-30)20-39-50(46,47)31-19-17-29-21-38-42-43(29)23-31/h2-15,17,19,21,23,28,30,33-34,37,39H,16,18,20,22,24H2,1H3,(H,40,44)(H,41,45)/t28-,30-,34?/m1/s1. The number of hydrogen-bond donors (Lipinski definition) is 4. The lowest BCUT2D eigenvalue weighted by Crippen LogP contribution is -2.51. The number of sulfonamides is 1. The Balaban J connectivity index is 1.07. The van der Waals surface area contributed by atoms with Crippen LogP contribution in [0.25, 0.3) is 5.52 Å². The molecule has 260 valence electrons. The molecule has 4 N–H and O–H groups in total. The predicted molar refractivity (Wildman–Crippen MR) is 187 cm³/mol. The molecular weight excluding hydrogens is 659 g/mol. The van der Waals surface area contributed by atoms with Crippen LogP contribution >= 0.6 is 0 Å². The molecule has 0 spiro atoms. The lowest BCUT2D eigenvalue weighted by atomic mass is 9.84. The number of carbonyl (C=O) groups excluding carboxylic acids is 2. The van der Waals surface area contributed by atoms with Gasteiger partial charge in [0.2, 0.25) is 15.9 Å². The summed E-state index contributed by atoms with van der Waals surface area (Å²) in [4.78, 5) is 26.7. The highest BCUT2D eigenvalue weighted by molar-refractivity contribution is 7.89. The molecule has 0 bridgehead atoms. The van der Waals surface area contributed by atoms with Crippen LogP contribution in [0.3, 0.4) is 0 Å². The Morgan fingerprint density at radius 1 is 0.980 bits per heavy atom. The molecule has 3 heterocycles. The smallest absolute Gasteiger partial charge is 0.407 e. The number of ether oxygens (including phenoxy) is 2. The highest BCUT2D eigenvalue weighted by Gasteiger charge is 2.33. The van der Waals surface area contributed by atoms with Crippen molar-refractivity contribution in [3.8, 4) is 0 Å². The number of fused-ring (bicyclic) bond motifs is 1. The summed E-state index contributed by atoms with van der Waals surface area (Å²) in [7, 11) is -2.49. The Hall–Kier alpha value is -5.15. The molecule has 2 amide bonds. The van der Waals surface area contributed by atoms with Gasteiger partial charge in [0.05, 0.1) is 37.7 Å². The molecule has 1 aliphatic rings. The molecule has 2 aromatic heterocycles. The Labute approximate surface area is 290 Å². The van der Waals surface area contributed by atoms with Crippen LogP contribution in [0.2, 0.25) is 0 Å². The predicted octanol–water partition coefficient (Wildman–Crippen LogP) is 3.49. The number of morpholine rings is 1. The van der Waals surface area contributed by atoms with Crippen LogP contribution < -0.4 is 20.7 Å². The van der Waals surface area contributed by atoms with Crippen molar-refractivity contribution in [1.29, 1.82) is 0 Å². The minimum Gasteiger partial charge on any atom is -0.453 e. The van der Waals surface area contributed by atoms with Crippen molar-refractivity contribution in [3.05, 3.63) is 126 Å². The van der Waals surface area contributed by atoms with E-state index < -0.39 is 28.1 Å². The van der Waals surface area contributed by atoms with Gasteiger partial charge in [-0.15, -0.1) is 5.10 Å². The molecule has 1 saturated heterocycles. The van der Waals surface area contributed by atoms with E-state index in [0.29, 0.717) is 37.2 Å². The minimum atomic E-state index is -3.75. The van der Waals surface area contributed by atoms with Crippen LogP contribution in [0.4, 0.5) is 10.5 Å². The SMILES string of the molecule is COC(=O)NC(C(=O)Nc1ccccc1CC[C@@H]1CN[C@H](CNS(=O)(=O)c2ccc3cnnn3c2)CO1)C(c1ccccc1)c1ccccc1. The van der Waals surface area contributed by atoms with E-state index in [1.165, 1.54) is 23.9 Å². The minimum absolute atomic E-state index is 0.0962. The second kappa shape index (κ2) is 16.0. The van der Waals surface area contributed by atoms with Gasteiger partial charge in [-0.05, 0) is 47.7 Å². The van der Waals surface area contributed by atoms with Gasteiger partial charge in [0.25, 0.3) is 0 Å². The first kappa shape index (κ1) is 34.7. The molecule has 5 aromatic rings. The van der Waals surface area contributed by atoms with E-state index >= 15 is 0 Å². The second-order valence-corrected chi connectivity index (χ2v) is 13.7. The Kier molecular flexibility index (Phi) is 11.1. The van der Waals surface area contributed by atoms with Crippen molar-refractivity contribution in [1.82, 2.24) is 30.2 Å². The van der Waals surface area contributed by atoms with Crippen LogP contribution in [0, 0.1) is 0 Å². The number of aromatic nitrogens is 3. The number of benzene rings is 3. The van der Waals surface area contributed by atoms with E-state index in [9.17, 15) is 18.0 Å². The normalized spacial score (nSPS) is 16.9. The number of amides is 2. The van der Waals surface area contributed by atoms with Gasteiger partial charge in [-0.2, -0.15) is 0 Å². The van der Waals surface area contributed by atoms with E-state index in [1.807, 2.05) is 84.9 Å². The fourth-order valence-electron chi connectivity index (χ4n) is 6.01. The zero-order valence-corrected chi connectivity index (χ0v) is 28.3. The number of nitrogens with one attached hydrogen (secondary N) is 4. The van der Waals surface area contributed by atoms with Gasteiger partial charge >= 0.3 is 6.09 Å². The average molecular weight is 698 g/mol. The largest absolute Gasteiger partial charge is 0.453 e. The summed E-state index contributed by atoms with van der Waals surface area (Å²) < 4.78 is 40.8. The first-order chi connectivity index (χ1) is 24.3. The molecule has 6 rings (SSSR count). The van der Waals surface area contributed by atoms with E-state index in [1.54, 1.807) is 12.3 Å². The summed E-state index contributed by atoms with van der Waals surface area (Å²) in [5.74, 6) is -0.872. The van der Waals surface area contributed by atoms with Crippen molar-refractivity contribution in [2.24, 2.45) is 0 Å². The summed E-state index contributed by atoms with van der Waals surface area (Å²) >= 11 is 0. The number of methoxy groups -OCH3 is 1. The number of alkyl carbamates (subject to hydrolysis) is 1. The molecule has 1 unspecified atom stereocenters. The van der Waals surface area contributed by atoms with Gasteiger partial charge in [-0.25, -0.2) is 22.4 Å². The van der Waals surface area contributed by atoms with Crippen LogP contribution in [-0.2, 0) is 30.7 Å². The van der Waals surface area contributed by atoms with Crippen LogP contribution in [0.1, 0.15) is 29.0 Å². The number of hydrogen-bond acceptors (Lipinski definition) is 9. The fraction of sp³-hybridized carbons (Fsp3) is 0.278. The van der Waals surface area contributed by atoms with Gasteiger partial charge in [0.15, 0.2) is 0 Å². The Morgan fingerprint density at radius 2 is 1.68 bits per heavy atom. The molecule has 0 radical (unpaired) electrons. The molecule has 13 nitrogen and oxygen atoms in total. The lowest BCUT2D eigenvalue weighted by molar-refractivity contribution is -0.118. The van der Waals surface area contributed by atoms with E-state index in [0.717, 1.165) is 16.7 Å². The number of rotatable bonds is 13. The average Bonchev–Trinajstić information content (AvgIpc) is 3.63. The van der Waals surface area contributed by atoms with E-state index in [-0.39, 0.29) is 29.5 Å². The van der Waals surface area contributed by atoms with Gasteiger partial charge in [-0.3, -0.25) is 4.79 Å². The molecule has 0 aliphatic carbocycles. The zero-order chi connectivity index (χ0) is 34.9. The fourth-order valence-corrected chi connectivity index (χ4v) is 7.08. The van der Waals surface area contributed by atoms with Crippen molar-refractivity contribution in [3.63, 3.8) is 0 Å². The number of anilines is 1. The molecule has 50 heavy (non-hydrogen) atoms. The van der Waals surface area contributed by atoms with Gasteiger partial charge in [0, 0.05) is 30.7 Å². The van der Waals surface area contributed by atoms with Crippen molar-refractivity contribution in [2.45, 2.75) is 41.8 Å². The molecule has 0 saturated carbocycles. The number of carbonyl (C=O) groups is 2. The summed E-state index contributed by atoms with van der Waals surface area (Å²) in [6.45, 7) is 1.02. The quantitative estimate of drug-likeness (QED) is 0.144. The first-order valence-electron chi connectivity index (χ1n) is 16.3. The highest BCUT2D eigenvalue weighted by atomic mass is 32.2. The Bertz CT molecular complexity index is 1960. The van der Waals surface area contributed by atoms with Crippen molar-refractivity contribution >= 4 is 33.2 Å². The summed E-state index contributed by atoms with van der Waals surface area (Å²) in [6, 6.07) is 28.7. The third kappa shape index (κ3) is 8.52. The van der Waals surface area contributed by atoms with Crippen molar-refractivity contribution in [2.75, 3.05) is 32.1 Å². The van der Waals surface area contributed by atoms with E-state index in [2.05, 4.69) is 31.0 Å². The third-order valence-electron chi connectivity index (χ3n) is 8.67. The van der Waals surface area contributed by atoms with Gasteiger partial charge in [-0.1, -0.05) is 84.1 Å². The number of aryl methyl sites for hydroxylation is 1. The lowest BCUT2D eigenvalue weighted by Gasteiger charge is -2.31. The third-order valence-corrected chi connectivity index (χ3v) is 10.1. The highest BCUT2D eigenvalue weighted by Crippen LogP contribution is 2.30. The monoisotopic (exact) mass is 697 g/mol. The molecule has 3 atom stereocenters. The maximum atomic E-state index is 14.0. The molecule has 1 aliphatic heterocycles. The second-order valence-electron chi connectivity index (χ2n) is 12.0. The molecule has 3 aromatic carbocycles. The van der Waals surface area contributed by atoms with Crippen LogP contribution in [0.15, 0.2) is 114 Å². The van der Waals surface area contributed by atoms with Gasteiger partial charge in [0.1, 0.15) is 10.9 Å². The number of pyridine rings is 1. The summed E-state index contributed by atoms with van der Waals surface area (Å²) in [5.41, 5.74) is 3.97.